The van der Waals surface area contributed by atoms with E-state index >= 15 is 0 Å². The lowest BCUT2D eigenvalue weighted by atomic mass is 10.0. The van der Waals surface area contributed by atoms with E-state index in [4.69, 9.17) is 0 Å². The zero-order valence-electron chi connectivity index (χ0n) is 6.96. The molecular formula is C9H16O. The Balaban J connectivity index is 3.86. The molecule has 10 heavy (non-hydrogen) atoms. The molecule has 0 aromatic heterocycles. The van der Waals surface area contributed by atoms with E-state index < -0.39 is 5.60 Å². The molecule has 1 atom stereocenters. The van der Waals surface area contributed by atoms with E-state index in [9.17, 15) is 5.11 Å². The summed E-state index contributed by atoms with van der Waals surface area (Å²) in [6.07, 6.45) is 8.25. The summed E-state index contributed by atoms with van der Waals surface area (Å²) in [6, 6.07) is 0. The highest BCUT2D eigenvalue weighted by Crippen LogP contribution is 2.11. The molecule has 0 saturated heterocycles. The summed E-state index contributed by atoms with van der Waals surface area (Å²) >= 11 is 0. The summed E-state index contributed by atoms with van der Waals surface area (Å²) in [5.41, 5.74) is -0.665. The van der Waals surface area contributed by atoms with E-state index in [2.05, 4.69) is 0 Å². The smallest absolute Gasteiger partial charge is 0.0833 e. The van der Waals surface area contributed by atoms with Gasteiger partial charge in [-0.3, -0.25) is 0 Å². The number of hydrogen-bond donors (Lipinski definition) is 1. The quantitative estimate of drug-likeness (QED) is 0.596. The van der Waals surface area contributed by atoms with Crippen molar-refractivity contribution in [3.05, 3.63) is 24.3 Å². The first kappa shape index (κ1) is 9.44. The minimum absolute atomic E-state index is 0.665. The van der Waals surface area contributed by atoms with Crippen molar-refractivity contribution in [2.45, 2.75) is 32.8 Å². The highest BCUT2D eigenvalue weighted by Gasteiger charge is 2.11. The molecule has 0 aromatic carbocycles. The Morgan fingerprint density at radius 3 is 2.30 bits per heavy atom. The largest absolute Gasteiger partial charge is 0.386 e. The first-order valence-electron chi connectivity index (χ1n) is 3.60. The Morgan fingerprint density at radius 1 is 1.30 bits per heavy atom. The molecule has 1 nitrogen and oxygen atoms in total. The molecule has 0 aromatic rings. The standard InChI is InChI=1S/C9H16O/c1-4-6-8-9(3,10)7-5-2/h4-7,10H,8H2,1-3H3/b6-4+,7-5+. The summed E-state index contributed by atoms with van der Waals surface area (Å²) in [4.78, 5) is 0. The third kappa shape index (κ3) is 4.33. The monoisotopic (exact) mass is 140 g/mol. The topological polar surface area (TPSA) is 20.2 Å². The Morgan fingerprint density at radius 2 is 1.90 bits per heavy atom. The second-order valence-corrected chi connectivity index (χ2v) is 2.63. The van der Waals surface area contributed by atoms with Gasteiger partial charge in [-0.05, 0) is 27.2 Å². The average Bonchev–Trinajstić information content (AvgIpc) is 1.84. The van der Waals surface area contributed by atoms with Gasteiger partial charge in [0.1, 0.15) is 0 Å². The van der Waals surface area contributed by atoms with Crippen molar-refractivity contribution >= 4 is 0 Å². The summed E-state index contributed by atoms with van der Waals surface area (Å²) in [5, 5.41) is 9.51. The summed E-state index contributed by atoms with van der Waals surface area (Å²) in [6.45, 7) is 5.66. The van der Waals surface area contributed by atoms with Crippen molar-refractivity contribution < 1.29 is 5.11 Å². The fourth-order valence-electron chi connectivity index (χ4n) is 0.784. The number of allylic oxidation sites excluding steroid dienone is 2. The van der Waals surface area contributed by atoms with Gasteiger partial charge < -0.3 is 5.11 Å². The Labute approximate surface area is 63.1 Å². The molecule has 0 aliphatic carbocycles. The molecule has 1 N–H and O–H groups in total. The van der Waals surface area contributed by atoms with Gasteiger partial charge in [0.2, 0.25) is 0 Å². The van der Waals surface area contributed by atoms with Crippen LogP contribution in [0.15, 0.2) is 24.3 Å². The number of rotatable bonds is 3. The summed E-state index contributed by atoms with van der Waals surface area (Å²) < 4.78 is 0. The van der Waals surface area contributed by atoms with Gasteiger partial charge in [-0.15, -0.1) is 0 Å². The fourth-order valence-corrected chi connectivity index (χ4v) is 0.784. The van der Waals surface area contributed by atoms with Crippen LogP contribution in [0.1, 0.15) is 27.2 Å². The van der Waals surface area contributed by atoms with Crippen LogP contribution in [0.5, 0.6) is 0 Å². The van der Waals surface area contributed by atoms with Gasteiger partial charge in [0.05, 0.1) is 5.60 Å². The highest BCUT2D eigenvalue weighted by atomic mass is 16.3. The van der Waals surface area contributed by atoms with Gasteiger partial charge in [-0.1, -0.05) is 24.3 Å². The minimum atomic E-state index is -0.665. The molecule has 0 saturated carbocycles. The molecule has 0 bridgehead atoms. The Hall–Kier alpha value is -0.560. The van der Waals surface area contributed by atoms with Crippen LogP contribution in [0, 0.1) is 0 Å². The van der Waals surface area contributed by atoms with E-state index in [1.54, 1.807) is 13.0 Å². The summed E-state index contributed by atoms with van der Waals surface area (Å²) in [5.74, 6) is 0. The van der Waals surface area contributed by atoms with Crippen molar-refractivity contribution in [1.29, 1.82) is 0 Å². The van der Waals surface area contributed by atoms with Gasteiger partial charge in [0.25, 0.3) is 0 Å². The van der Waals surface area contributed by atoms with E-state index in [1.807, 2.05) is 32.1 Å². The molecule has 0 spiro atoms. The van der Waals surface area contributed by atoms with Gasteiger partial charge in [-0.25, -0.2) is 0 Å². The molecule has 0 radical (unpaired) electrons. The zero-order valence-corrected chi connectivity index (χ0v) is 6.96. The normalized spacial score (nSPS) is 18.4. The predicted molar refractivity (Wildman–Crippen MR) is 44.9 cm³/mol. The fraction of sp³-hybridized carbons (Fsp3) is 0.556. The molecule has 0 rings (SSSR count). The third-order valence-corrected chi connectivity index (χ3v) is 1.29. The Kier molecular flexibility index (Phi) is 4.05. The first-order chi connectivity index (χ1) is 4.62. The Bertz CT molecular complexity index is 132. The van der Waals surface area contributed by atoms with Crippen molar-refractivity contribution in [1.82, 2.24) is 0 Å². The van der Waals surface area contributed by atoms with Crippen LogP contribution in [0.4, 0.5) is 0 Å². The second-order valence-electron chi connectivity index (χ2n) is 2.63. The minimum Gasteiger partial charge on any atom is -0.386 e. The lowest BCUT2D eigenvalue weighted by Crippen LogP contribution is -2.18. The molecule has 58 valence electrons. The third-order valence-electron chi connectivity index (χ3n) is 1.29. The molecule has 1 heteroatoms. The SMILES string of the molecule is C/C=C/CC(C)(O)/C=C/C. The number of hydrogen-bond acceptors (Lipinski definition) is 1. The molecule has 0 aliphatic rings. The van der Waals surface area contributed by atoms with Crippen LogP contribution in [0.2, 0.25) is 0 Å². The molecule has 0 amide bonds. The lowest BCUT2D eigenvalue weighted by Gasteiger charge is -2.15. The predicted octanol–water partition coefficient (Wildman–Crippen LogP) is 2.28. The van der Waals surface area contributed by atoms with Gasteiger partial charge in [0.15, 0.2) is 0 Å². The number of aliphatic hydroxyl groups is 1. The average molecular weight is 140 g/mol. The van der Waals surface area contributed by atoms with Crippen molar-refractivity contribution in [2.24, 2.45) is 0 Å². The maximum Gasteiger partial charge on any atom is 0.0833 e. The van der Waals surface area contributed by atoms with Crippen molar-refractivity contribution in [3.63, 3.8) is 0 Å². The van der Waals surface area contributed by atoms with Crippen LogP contribution in [-0.2, 0) is 0 Å². The zero-order chi connectivity index (χ0) is 8.04. The first-order valence-corrected chi connectivity index (χ1v) is 3.60. The summed E-state index contributed by atoms with van der Waals surface area (Å²) in [7, 11) is 0. The second kappa shape index (κ2) is 4.29. The van der Waals surface area contributed by atoms with E-state index in [1.165, 1.54) is 0 Å². The molecule has 0 fully saturated rings. The van der Waals surface area contributed by atoms with Crippen LogP contribution >= 0.6 is 0 Å². The van der Waals surface area contributed by atoms with Crippen LogP contribution in [-0.4, -0.2) is 10.7 Å². The van der Waals surface area contributed by atoms with Crippen molar-refractivity contribution in [2.75, 3.05) is 0 Å². The van der Waals surface area contributed by atoms with Crippen LogP contribution in [0.25, 0.3) is 0 Å². The van der Waals surface area contributed by atoms with E-state index in [-0.39, 0.29) is 0 Å². The lowest BCUT2D eigenvalue weighted by molar-refractivity contribution is 0.115. The molecule has 1 unspecified atom stereocenters. The maximum absolute atomic E-state index is 9.51. The molecule has 0 aliphatic heterocycles. The maximum atomic E-state index is 9.51. The highest BCUT2D eigenvalue weighted by molar-refractivity contribution is 5.01. The van der Waals surface area contributed by atoms with Crippen molar-refractivity contribution in [3.8, 4) is 0 Å². The van der Waals surface area contributed by atoms with Crippen LogP contribution < -0.4 is 0 Å². The molecular weight excluding hydrogens is 124 g/mol. The van der Waals surface area contributed by atoms with Gasteiger partial charge >= 0.3 is 0 Å². The van der Waals surface area contributed by atoms with Crippen LogP contribution in [0.3, 0.4) is 0 Å². The van der Waals surface area contributed by atoms with Gasteiger partial charge in [-0.2, -0.15) is 0 Å². The van der Waals surface area contributed by atoms with Gasteiger partial charge in [0, 0.05) is 0 Å². The molecule has 0 heterocycles. The van der Waals surface area contributed by atoms with E-state index in [0.717, 1.165) is 0 Å². The van der Waals surface area contributed by atoms with E-state index in [0.29, 0.717) is 6.42 Å².